The molecule has 0 aromatic carbocycles. The van der Waals surface area contributed by atoms with E-state index in [-0.39, 0.29) is 62.7 Å². The minimum Gasteiger partial charge on any atom is -0.387 e. The number of amidine groups is 1. The van der Waals surface area contributed by atoms with Gasteiger partial charge in [0.05, 0.1) is 162 Å². The van der Waals surface area contributed by atoms with Gasteiger partial charge in [-0.2, -0.15) is 0 Å². The van der Waals surface area contributed by atoms with E-state index in [9.17, 15) is 28.8 Å². The third-order valence-electron chi connectivity index (χ3n) is 10.8. The minimum absolute atomic E-state index is 0.0425. The van der Waals surface area contributed by atoms with Crippen LogP contribution in [0.3, 0.4) is 0 Å². The highest BCUT2D eigenvalue weighted by Gasteiger charge is 2.28. The predicted molar refractivity (Wildman–Crippen MR) is 266 cm³/mol. The summed E-state index contributed by atoms with van der Waals surface area (Å²) in [5, 5.41) is 3.91. The van der Waals surface area contributed by atoms with Crippen LogP contribution < -0.4 is 11.1 Å². The molecule has 0 spiro atoms. The number of nitrogens with zero attached hydrogens (tertiary/aromatic N) is 6. The molecule has 1 aromatic rings. The van der Waals surface area contributed by atoms with Gasteiger partial charge < -0.3 is 68.2 Å². The van der Waals surface area contributed by atoms with Gasteiger partial charge in [-0.15, -0.1) is 0 Å². The first-order valence-electron chi connectivity index (χ1n) is 25.2. The van der Waals surface area contributed by atoms with Crippen LogP contribution in [0.2, 0.25) is 0 Å². The summed E-state index contributed by atoms with van der Waals surface area (Å²) < 4.78 is 54.9. The van der Waals surface area contributed by atoms with E-state index in [1.807, 2.05) is 13.8 Å². The van der Waals surface area contributed by atoms with Crippen molar-refractivity contribution < 1.29 is 81.0 Å². The Morgan fingerprint density at radius 1 is 0.649 bits per heavy atom. The molecule has 0 bridgehead atoms. The van der Waals surface area contributed by atoms with Crippen LogP contribution in [-0.4, -0.2) is 251 Å². The SMILES string of the molecule is CCCN(OCC)C(=O)C1=Cc2ncc(C(=O)N3CCN(C(=O)CCOCCOCCOCCOCCOCCOCCOCCOCCOCCOCCNC(=O)CN4C(=O)C=CC4=O)CC3)cc2N=C(N)C1. The Morgan fingerprint density at radius 3 is 1.58 bits per heavy atom. The number of ether oxygens (including phenoxy) is 10. The maximum atomic E-state index is 13.4. The van der Waals surface area contributed by atoms with Gasteiger partial charge in [0.2, 0.25) is 11.8 Å². The highest BCUT2D eigenvalue weighted by atomic mass is 16.7. The molecule has 3 N–H and O–H groups in total. The van der Waals surface area contributed by atoms with Crippen molar-refractivity contribution in [3.8, 4) is 0 Å². The lowest BCUT2D eigenvalue weighted by Gasteiger charge is -2.34. The van der Waals surface area contributed by atoms with Crippen LogP contribution in [0, 0.1) is 0 Å². The van der Waals surface area contributed by atoms with Crippen LogP contribution in [0.15, 0.2) is 35.0 Å². The van der Waals surface area contributed by atoms with Gasteiger partial charge >= 0.3 is 0 Å². The lowest BCUT2D eigenvalue weighted by atomic mass is 10.1. The monoisotopic (exact) mass is 1050 g/mol. The summed E-state index contributed by atoms with van der Waals surface area (Å²) in [7, 11) is 0. The molecule has 414 valence electrons. The van der Waals surface area contributed by atoms with Crippen LogP contribution in [0.1, 0.15) is 49.2 Å². The average Bonchev–Trinajstić information content (AvgIpc) is 3.60. The fourth-order valence-electron chi connectivity index (χ4n) is 7.06. The van der Waals surface area contributed by atoms with E-state index < -0.39 is 17.7 Å². The second-order valence-electron chi connectivity index (χ2n) is 16.4. The van der Waals surface area contributed by atoms with Gasteiger partial charge in [-0.05, 0) is 25.5 Å². The number of aliphatic imine (C=N–C) groups is 1. The lowest BCUT2D eigenvalue weighted by molar-refractivity contribution is -0.180. The normalized spacial score (nSPS) is 14.5. The van der Waals surface area contributed by atoms with Gasteiger partial charge in [0, 0.05) is 69.6 Å². The summed E-state index contributed by atoms with van der Waals surface area (Å²) in [6, 6.07) is 1.63. The maximum absolute atomic E-state index is 13.4. The number of carbonyl (C=O) groups excluding carboxylic acids is 6. The fraction of sp³-hybridized carbons (Fsp3) is 0.673. The highest BCUT2D eigenvalue weighted by Crippen LogP contribution is 2.27. The number of nitrogens with one attached hydrogen (secondary N) is 1. The zero-order valence-electron chi connectivity index (χ0n) is 43.0. The molecule has 6 amide bonds. The zero-order valence-corrected chi connectivity index (χ0v) is 43.0. The first-order chi connectivity index (χ1) is 36.1. The molecular formula is C49H76N8O17. The first-order valence-corrected chi connectivity index (χ1v) is 25.2. The maximum Gasteiger partial charge on any atom is 0.273 e. The Labute approximate surface area is 432 Å². The molecule has 1 saturated heterocycles. The summed E-state index contributed by atoms with van der Waals surface area (Å²) in [6.45, 7) is 14.0. The number of rotatable bonds is 41. The van der Waals surface area contributed by atoms with E-state index in [4.69, 9.17) is 57.9 Å². The molecule has 0 aliphatic carbocycles. The molecule has 25 nitrogen and oxygen atoms in total. The molecule has 0 radical (unpaired) electrons. The van der Waals surface area contributed by atoms with Crippen molar-refractivity contribution in [2.75, 3.05) is 185 Å². The van der Waals surface area contributed by atoms with Crippen molar-refractivity contribution >= 4 is 53.0 Å². The van der Waals surface area contributed by atoms with Crippen molar-refractivity contribution in [2.45, 2.75) is 33.1 Å². The summed E-state index contributed by atoms with van der Waals surface area (Å²) in [6.07, 6.45) is 6.46. The smallest absolute Gasteiger partial charge is 0.273 e. The number of hydrogen-bond donors (Lipinski definition) is 2. The van der Waals surface area contributed by atoms with E-state index in [2.05, 4.69) is 15.3 Å². The Morgan fingerprint density at radius 2 is 1.11 bits per heavy atom. The van der Waals surface area contributed by atoms with Gasteiger partial charge in [0.25, 0.3) is 23.6 Å². The molecule has 4 heterocycles. The second kappa shape index (κ2) is 37.4. The van der Waals surface area contributed by atoms with Gasteiger partial charge in [0.15, 0.2) is 0 Å². The van der Waals surface area contributed by atoms with Crippen molar-refractivity contribution in [3.63, 3.8) is 0 Å². The van der Waals surface area contributed by atoms with Crippen molar-refractivity contribution in [1.29, 1.82) is 0 Å². The number of carbonyl (C=O) groups is 6. The Bertz CT molecular complexity index is 1940. The zero-order chi connectivity index (χ0) is 53.0. The van der Waals surface area contributed by atoms with E-state index in [0.29, 0.717) is 181 Å². The van der Waals surface area contributed by atoms with Crippen LogP contribution in [-0.2, 0) is 76.2 Å². The number of pyridine rings is 1. The number of amides is 6. The molecule has 25 heteroatoms. The molecule has 0 saturated carbocycles. The molecule has 1 aromatic heterocycles. The number of imide groups is 1. The molecular weight excluding hydrogens is 973 g/mol. The number of fused-ring (bicyclic) bond motifs is 1. The number of aromatic nitrogens is 1. The van der Waals surface area contributed by atoms with Crippen LogP contribution in [0.4, 0.5) is 5.69 Å². The second-order valence-corrected chi connectivity index (χ2v) is 16.4. The largest absolute Gasteiger partial charge is 0.387 e. The van der Waals surface area contributed by atoms with Crippen molar-refractivity contribution in [2.24, 2.45) is 10.7 Å². The minimum atomic E-state index is -0.500. The van der Waals surface area contributed by atoms with E-state index in [0.717, 1.165) is 23.5 Å². The Balaban J connectivity index is 0.848. The highest BCUT2D eigenvalue weighted by molar-refractivity contribution is 6.14. The van der Waals surface area contributed by atoms with Crippen molar-refractivity contribution in [3.05, 3.63) is 41.2 Å². The molecule has 0 atom stereocenters. The first kappa shape index (κ1) is 61.2. The number of piperazine rings is 1. The van der Waals surface area contributed by atoms with Crippen LogP contribution in [0.25, 0.3) is 6.08 Å². The molecule has 3 aliphatic heterocycles. The van der Waals surface area contributed by atoms with E-state index in [1.54, 1.807) is 21.9 Å². The summed E-state index contributed by atoms with van der Waals surface area (Å²) >= 11 is 0. The van der Waals surface area contributed by atoms with E-state index in [1.165, 1.54) is 11.3 Å². The topological polar surface area (TPSA) is 280 Å². The van der Waals surface area contributed by atoms with Gasteiger partial charge in [-0.1, -0.05) is 6.92 Å². The Hall–Kier alpha value is -5.32. The van der Waals surface area contributed by atoms with Crippen LogP contribution in [0.5, 0.6) is 0 Å². The summed E-state index contributed by atoms with van der Waals surface area (Å²) in [5.41, 5.74) is 7.76. The molecule has 1 fully saturated rings. The standard InChI is InChI=1S/C49H76N8O17/c1-3-9-57(74-4-2)49(63)39-34-41-42(53-43(50)36-39)35-40(37-52-41)48(62)55-12-10-54(11-13-55)45(59)7-14-64-16-18-66-20-22-68-24-26-70-28-30-72-32-33-73-31-29-71-27-25-69-23-21-67-19-17-65-15-8-51-44(58)38-56-46(60)5-6-47(56)61/h5-6,34-35,37H,3-4,7-33,36,38H2,1-2H3,(H2,50,53)(H,51,58). The number of hydrogen-bond acceptors (Lipinski definition) is 20. The van der Waals surface area contributed by atoms with Crippen molar-refractivity contribution in [1.82, 2.24) is 30.1 Å². The third kappa shape index (κ3) is 24.4. The van der Waals surface area contributed by atoms with E-state index >= 15 is 0 Å². The number of nitrogens with two attached hydrogens (primary N) is 1. The molecule has 4 rings (SSSR count). The van der Waals surface area contributed by atoms with Gasteiger partial charge in [0.1, 0.15) is 12.4 Å². The van der Waals surface area contributed by atoms with Crippen LogP contribution >= 0.6 is 0 Å². The molecule has 0 unspecified atom stereocenters. The quantitative estimate of drug-likeness (QED) is 0.0493. The number of hydroxylamine groups is 2. The molecule has 3 aliphatic rings. The summed E-state index contributed by atoms with van der Waals surface area (Å²) in [4.78, 5) is 92.9. The third-order valence-corrected chi connectivity index (χ3v) is 10.8. The molecule has 74 heavy (non-hydrogen) atoms. The Kier molecular flexibility index (Phi) is 31.0. The summed E-state index contributed by atoms with van der Waals surface area (Å²) in [5.74, 6) is -1.78. The fourth-order valence-corrected chi connectivity index (χ4v) is 7.06. The lowest BCUT2D eigenvalue weighted by Crippen LogP contribution is -2.50. The van der Waals surface area contributed by atoms with Gasteiger partial charge in [-0.25, -0.2) is 10.1 Å². The predicted octanol–water partition coefficient (Wildman–Crippen LogP) is -0.0708. The van der Waals surface area contributed by atoms with Gasteiger partial charge in [-0.3, -0.25) is 43.5 Å². The average molecular weight is 1050 g/mol.